The number of hydrogen-bond acceptors (Lipinski definition) is 3. The van der Waals surface area contributed by atoms with Gasteiger partial charge in [-0.25, -0.2) is 0 Å². The zero-order chi connectivity index (χ0) is 16.0. The number of likely N-dealkylation sites (tertiary alicyclic amines) is 1. The van der Waals surface area contributed by atoms with Crippen LogP contribution < -0.4 is 5.73 Å². The fourth-order valence-electron chi connectivity index (χ4n) is 5.91. The number of amides is 2. The van der Waals surface area contributed by atoms with Crippen LogP contribution in [0.4, 0.5) is 0 Å². The van der Waals surface area contributed by atoms with Crippen molar-refractivity contribution in [1.82, 2.24) is 9.80 Å². The van der Waals surface area contributed by atoms with E-state index in [4.69, 9.17) is 5.73 Å². The van der Waals surface area contributed by atoms with Crippen LogP contribution in [0.2, 0.25) is 0 Å². The summed E-state index contributed by atoms with van der Waals surface area (Å²) in [6, 6.07) is 0.491. The summed E-state index contributed by atoms with van der Waals surface area (Å²) in [7, 11) is 0. The molecule has 0 radical (unpaired) electrons. The van der Waals surface area contributed by atoms with Crippen molar-refractivity contribution in [2.24, 2.45) is 29.4 Å². The van der Waals surface area contributed by atoms with Gasteiger partial charge in [0.15, 0.2) is 0 Å². The Bertz CT molecular complexity index is 481. The van der Waals surface area contributed by atoms with Gasteiger partial charge >= 0.3 is 0 Å². The second kappa shape index (κ2) is 6.08. The number of fused-ring (bicyclic) bond motifs is 1. The van der Waals surface area contributed by atoms with Gasteiger partial charge in [-0.05, 0) is 69.2 Å². The maximum atomic E-state index is 13.2. The van der Waals surface area contributed by atoms with Crippen molar-refractivity contribution < 1.29 is 9.59 Å². The van der Waals surface area contributed by atoms with Gasteiger partial charge in [-0.15, -0.1) is 0 Å². The number of nitrogens with zero attached hydrogens (tertiary/aromatic N) is 2. The van der Waals surface area contributed by atoms with Gasteiger partial charge in [-0.2, -0.15) is 0 Å². The highest BCUT2D eigenvalue weighted by molar-refractivity contribution is 5.80. The Morgan fingerprint density at radius 1 is 0.957 bits per heavy atom. The number of carbonyl (C=O) groups is 2. The Balaban J connectivity index is 1.45. The minimum absolute atomic E-state index is 0.0683. The molecule has 0 aromatic carbocycles. The summed E-state index contributed by atoms with van der Waals surface area (Å²) < 4.78 is 0. The number of primary amides is 1. The van der Waals surface area contributed by atoms with Crippen LogP contribution in [-0.4, -0.2) is 53.8 Å². The van der Waals surface area contributed by atoms with Gasteiger partial charge in [0.05, 0.1) is 12.5 Å². The largest absolute Gasteiger partial charge is 0.369 e. The molecule has 2 amide bonds. The first-order valence-corrected chi connectivity index (χ1v) is 9.39. The second-order valence-electron chi connectivity index (χ2n) is 8.46. The Morgan fingerprint density at radius 2 is 1.65 bits per heavy atom. The van der Waals surface area contributed by atoms with Gasteiger partial charge in [-0.3, -0.25) is 14.5 Å². The molecule has 3 heterocycles. The second-order valence-corrected chi connectivity index (χ2v) is 8.46. The van der Waals surface area contributed by atoms with E-state index >= 15 is 0 Å². The number of hydrogen-bond donors (Lipinski definition) is 1. The van der Waals surface area contributed by atoms with Gasteiger partial charge in [0.1, 0.15) is 0 Å². The minimum Gasteiger partial charge on any atom is -0.369 e. The highest BCUT2D eigenvalue weighted by Gasteiger charge is 2.45. The van der Waals surface area contributed by atoms with Crippen molar-refractivity contribution in [2.45, 2.75) is 51.0 Å². The summed E-state index contributed by atoms with van der Waals surface area (Å²) in [5.74, 6) is 2.61. The first-order chi connectivity index (χ1) is 11.1. The number of nitrogens with two attached hydrogens (primary N) is 1. The molecular formula is C18H29N3O2. The molecule has 2 saturated carbocycles. The zero-order valence-electron chi connectivity index (χ0n) is 14.0. The molecule has 23 heavy (non-hydrogen) atoms. The molecule has 5 rings (SSSR count). The normalized spacial score (nSPS) is 40.2. The van der Waals surface area contributed by atoms with Crippen molar-refractivity contribution in [3.8, 4) is 0 Å². The zero-order valence-corrected chi connectivity index (χ0v) is 14.0. The SMILES string of the molecule is NC(=O)CN1CCC[C@@H](C(=O)N2CC3C[C@@H]4CC2C[C@H](C3)C4)C1. The Kier molecular flexibility index (Phi) is 4.08. The Labute approximate surface area is 138 Å². The predicted octanol–water partition coefficient (Wildman–Crippen LogP) is 1.22. The molecule has 0 aromatic rings. The average Bonchev–Trinajstić information content (AvgIpc) is 2.70. The van der Waals surface area contributed by atoms with E-state index in [1.807, 2.05) is 0 Å². The Hall–Kier alpha value is -1.10. The van der Waals surface area contributed by atoms with Crippen LogP contribution in [0.25, 0.3) is 0 Å². The van der Waals surface area contributed by atoms with Crippen molar-refractivity contribution in [2.75, 3.05) is 26.2 Å². The van der Waals surface area contributed by atoms with Crippen molar-refractivity contribution in [3.05, 3.63) is 0 Å². The summed E-state index contributed by atoms with van der Waals surface area (Å²) >= 11 is 0. The van der Waals surface area contributed by atoms with E-state index in [-0.39, 0.29) is 11.8 Å². The quantitative estimate of drug-likeness (QED) is 0.850. The van der Waals surface area contributed by atoms with Gasteiger partial charge in [0, 0.05) is 19.1 Å². The van der Waals surface area contributed by atoms with Crippen LogP contribution in [0.3, 0.4) is 0 Å². The third-order valence-electron chi connectivity index (χ3n) is 6.62. The van der Waals surface area contributed by atoms with E-state index in [1.165, 1.54) is 32.1 Å². The molecule has 5 aliphatic rings. The average molecular weight is 319 g/mol. The monoisotopic (exact) mass is 319 g/mol. The lowest BCUT2D eigenvalue weighted by atomic mass is 9.68. The molecule has 5 fully saturated rings. The van der Waals surface area contributed by atoms with Crippen LogP contribution in [0.1, 0.15) is 44.9 Å². The van der Waals surface area contributed by atoms with E-state index in [1.54, 1.807) is 0 Å². The van der Waals surface area contributed by atoms with Crippen molar-refractivity contribution in [3.63, 3.8) is 0 Å². The molecule has 5 heteroatoms. The molecule has 128 valence electrons. The summed E-state index contributed by atoms with van der Waals surface area (Å²) in [6.45, 7) is 2.88. The van der Waals surface area contributed by atoms with Crippen LogP contribution in [0.5, 0.6) is 0 Å². The van der Waals surface area contributed by atoms with Gasteiger partial charge < -0.3 is 10.6 Å². The summed E-state index contributed by atoms with van der Waals surface area (Å²) in [4.78, 5) is 28.7. The number of piperidine rings is 1. The molecule has 2 aliphatic carbocycles. The molecule has 4 bridgehead atoms. The van der Waals surface area contributed by atoms with Crippen molar-refractivity contribution >= 4 is 11.8 Å². The lowest BCUT2D eigenvalue weighted by Gasteiger charge is -2.40. The lowest BCUT2D eigenvalue weighted by Crippen LogP contribution is -2.50. The topological polar surface area (TPSA) is 66.6 Å². The van der Waals surface area contributed by atoms with Crippen molar-refractivity contribution in [1.29, 1.82) is 0 Å². The third kappa shape index (κ3) is 3.12. The predicted molar refractivity (Wildman–Crippen MR) is 87.4 cm³/mol. The smallest absolute Gasteiger partial charge is 0.231 e. The molecule has 2 unspecified atom stereocenters. The van der Waals surface area contributed by atoms with Gasteiger partial charge in [0.25, 0.3) is 0 Å². The molecule has 5 nitrogen and oxygen atoms in total. The van der Waals surface area contributed by atoms with Crippen LogP contribution in [0, 0.1) is 23.7 Å². The van der Waals surface area contributed by atoms with E-state index < -0.39 is 0 Å². The van der Waals surface area contributed by atoms with Gasteiger partial charge in [0.2, 0.25) is 11.8 Å². The first-order valence-electron chi connectivity index (χ1n) is 9.39. The molecular weight excluding hydrogens is 290 g/mol. The van der Waals surface area contributed by atoms with Crippen LogP contribution in [-0.2, 0) is 9.59 Å². The molecule has 3 saturated heterocycles. The van der Waals surface area contributed by atoms with Crippen LogP contribution in [0.15, 0.2) is 0 Å². The Morgan fingerprint density at radius 3 is 2.35 bits per heavy atom. The van der Waals surface area contributed by atoms with E-state index in [9.17, 15) is 9.59 Å². The fraction of sp³-hybridized carbons (Fsp3) is 0.889. The third-order valence-corrected chi connectivity index (χ3v) is 6.62. The van der Waals surface area contributed by atoms with E-state index in [0.29, 0.717) is 25.0 Å². The molecule has 0 aromatic heterocycles. The fourth-order valence-corrected chi connectivity index (χ4v) is 5.91. The summed E-state index contributed by atoms with van der Waals surface area (Å²) in [5, 5.41) is 0. The number of carbonyl (C=O) groups excluding carboxylic acids is 2. The molecule has 5 atom stereocenters. The maximum Gasteiger partial charge on any atom is 0.231 e. The maximum absolute atomic E-state index is 13.2. The summed E-state index contributed by atoms with van der Waals surface area (Å²) in [6.07, 6.45) is 8.52. The highest BCUT2D eigenvalue weighted by atomic mass is 16.2. The van der Waals surface area contributed by atoms with E-state index in [0.717, 1.165) is 43.7 Å². The molecule has 2 N–H and O–H groups in total. The molecule has 3 aliphatic heterocycles. The lowest BCUT2D eigenvalue weighted by molar-refractivity contribution is -0.141. The standard InChI is InChI=1S/C18H29N3O2/c19-17(22)11-20-3-1-2-15(10-20)18(23)21-9-14-5-12-4-13(6-14)8-16(21)7-12/h12-16H,1-11H2,(H2,19,22)/t12-,13+,14?,15-,16?/m1/s1. The highest BCUT2D eigenvalue weighted by Crippen LogP contribution is 2.47. The minimum atomic E-state index is -0.288. The molecule has 0 spiro atoms. The van der Waals surface area contributed by atoms with E-state index in [2.05, 4.69) is 9.80 Å². The summed E-state index contributed by atoms with van der Waals surface area (Å²) in [5.41, 5.74) is 5.32. The van der Waals surface area contributed by atoms with Crippen LogP contribution >= 0.6 is 0 Å². The first kappa shape index (κ1) is 15.4. The number of rotatable bonds is 3. The van der Waals surface area contributed by atoms with Gasteiger partial charge in [-0.1, -0.05) is 0 Å².